The third kappa shape index (κ3) is 3.98. The van der Waals surface area contributed by atoms with Crippen molar-refractivity contribution in [3.63, 3.8) is 0 Å². The molecule has 1 aromatic rings. The molecule has 0 aromatic carbocycles. The Labute approximate surface area is 94.6 Å². The summed E-state index contributed by atoms with van der Waals surface area (Å²) in [6, 6.07) is -0.419. The predicted molar refractivity (Wildman–Crippen MR) is 58.6 cm³/mol. The minimum atomic E-state index is -0.419. The fraction of sp³-hybridized carbons (Fsp3) is 0.700. The van der Waals surface area contributed by atoms with Crippen LogP contribution < -0.4 is 11.1 Å². The van der Waals surface area contributed by atoms with Gasteiger partial charge in [-0.05, 0) is 6.42 Å². The zero-order valence-corrected chi connectivity index (χ0v) is 9.69. The Kier molecular flexibility index (Phi) is 4.91. The van der Waals surface area contributed by atoms with Crippen LogP contribution in [0.2, 0.25) is 0 Å². The van der Waals surface area contributed by atoms with Crippen molar-refractivity contribution < 1.29 is 9.32 Å². The van der Waals surface area contributed by atoms with Crippen molar-refractivity contribution in [1.82, 2.24) is 15.5 Å². The number of nitrogens with two attached hydrogens (primary N) is 1. The van der Waals surface area contributed by atoms with Gasteiger partial charge in [-0.2, -0.15) is 4.98 Å². The van der Waals surface area contributed by atoms with Gasteiger partial charge in [-0.15, -0.1) is 0 Å². The number of rotatable bonds is 6. The Morgan fingerprint density at radius 1 is 1.62 bits per heavy atom. The van der Waals surface area contributed by atoms with E-state index < -0.39 is 6.04 Å². The summed E-state index contributed by atoms with van der Waals surface area (Å²) in [5.41, 5.74) is 5.65. The maximum atomic E-state index is 11.4. The van der Waals surface area contributed by atoms with Gasteiger partial charge in [0.2, 0.25) is 11.8 Å². The van der Waals surface area contributed by atoms with Gasteiger partial charge in [-0.25, -0.2) is 0 Å². The van der Waals surface area contributed by atoms with E-state index in [0.717, 1.165) is 6.42 Å². The van der Waals surface area contributed by atoms with E-state index in [1.165, 1.54) is 0 Å². The normalized spacial score (nSPS) is 12.4. The molecule has 6 nitrogen and oxygen atoms in total. The highest BCUT2D eigenvalue weighted by atomic mass is 16.5. The van der Waals surface area contributed by atoms with Crippen molar-refractivity contribution in [2.75, 3.05) is 6.54 Å². The molecule has 0 radical (unpaired) electrons. The van der Waals surface area contributed by atoms with Crippen molar-refractivity contribution in [3.05, 3.63) is 11.7 Å². The molecule has 3 N–H and O–H groups in total. The Morgan fingerprint density at radius 2 is 2.38 bits per heavy atom. The van der Waals surface area contributed by atoms with Crippen LogP contribution in [0.5, 0.6) is 0 Å². The maximum Gasteiger partial charge on any atom is 0.236 e. The van der Waals surface area contributed by atoms with Gasteiger partial charge in [0.15, 0.2) is 5.82 Å². The average molecular weight is 226 g/mol. The van der Waals surface area contributed by atoms with Crippen LogP contribution >= 0.6 is 0 Å². The Balaban J connectivity index is 2.22. The van der Waals surface area contributed by atoms with Crippen LogP contribution in [0.4, 0.5) is 0 Å². The summed E-state index contributed by atoms with van der Waals surface area (Å²) in [6.07, 6.45) is 2.16. The van der Waals surface area contributed by atoms with Gasteiger partial charge < -0.3 is 15.6 Å². The number of hydrogen-bond acceptors (Lipinski definition) is 5. The fourth-order valence-corrected chi connectivity index (χ4v) is 1.31. The van der Waals surface area contributed by atoms with Crippen LogP contribution in [0.1, 0.15) is 31.5 Å². The number of carbonyl (C=O) groups excluding carboxylic acids is 1. The molecule has 0 fully saturated rings. The number of aromatic nitrogens is 2. The molecule has 0 aliphatic heterocycles. The zero-order chi connectivity index (χ0) is 12.0. The van der Waals surface area contributed by atoms with E-state index in [1.807, 2.05) is 6.92 Å². The van der Waals surface area contributed by atoms with E-state index in [1.54, 1.807) is 6.92 Å². The van der Waals surface area contributed by atoms with E-state index in [4.69, 9.17) is 10.3 Å². The van der Waals surface area contributed by atoms with Crippen LogP contribution in [-0.2, 0) is 11.2 Å². The smallest absolute Gasteiger partial charge is 0.236 e. The summed E-state index contributed by atoms with van der Waals surface area (Å²) in [6.45, 7) is 4.21. The van der Waals surface area contributed by atoms with Gasteiger partial charge >= 0.3 is 0 Å². The van der Waals surface area contributed by atoms with Crippen LogP contribution in [0.25, 0.3) is 0 Å². The average Bonchev–Trinajstić information content (AvgIpc) is 2.64. The molecular formula is C10H18N4O2. The largest absolute Gasteiger partial charge is 0.354 e. The fourth-order valence-electron chi connectivity index (χ4n) is 1.31. The third-order valence-corrected chi connectivity index (χ3v) is 2.15. The van der Waals surface area contributed by atoms with Crippen molar-refractivity contribution >= 4 is 5.91 Å². The molecule has 0 spiro atoms. The quantitative estimate of drug-likeness (QED) is 0.720. The Hall–Kier alpha value is -1.43. The highest BCUT2D eigenvalue weighted by molar-refractivity contribution is 5.81. The Morgan fingerprint density at radius 3 is 2.94 bits per heavy atom. The number of nitrogens with one attached hydrogen (secondary N) is 1. The highest BCUT2D eigenvalue weighted by Gasteiger charge is 2.11. The van der Waals surface area contributed by atoms with E-state index in [2.05, 4.69) is 15.5 Å². The molecule has 1 amide bonds. The first-order valence-electron chi connectivity index (χ1n) is 5.46. The van der Waals surface area contributed by atoms with Gasteiger partial charge in [0.1, 0.15) is 0 Å². The van der Waals surface area contributed by atoms with E-state index in [9.17, 15) is 4.79 Å². The molecule has 0 aliphatic carbocycles. The SMILES string of the molecule is CCCC(N)C(=O)NCCc1noc(C)n1. The van der Waals surface area contributed by atoms with Gasteiger partial charge in [0.25, 0.3) is 0 Å². The third-order valence-electron chi connectivity index (χ3n) is 2.15. The summed E-state index contributed by atoms with van der Waals surface area (Å²) >= 11 is 0. The topological polar surface area (TPSA) is 94.0 Å². The van der Waals surface area contributed by atoms with Gasteiger partial charge in [-0.1, -0.05) is 18.5 Å². The molecule has 1 aromatic heterocycles. The van der Waals surface area contributed by atoms with Crippen molar-refractivity contribution in [2.45, 2.75) is 39.2 Å². The molecule has 16 heavy (non-hydrogen) atoms. The zero-order valence-electron chi connectivity index (χ0n) is 9.69. The van der Waals surface area contributed by atoms with Crippen molar-refractivity contribution in [3.8, 4) is 0 Å². The van der Waals surface area contributed by atoms with E-state index in [0.29, 0.717) is 31.1 Å². The second kappa shape index (κ2) is 6.22. The summed E-state index contributed by atoms with van der Waals surface area (Å²) < 4.78 is 4.81. The molecular weight excluding hydrogens is 208 g/mol. The molecule has 90 valence electrons. The van der Waals surface area contributed by atoms with Crippen LogP contribution in [0.3, 0.4) is 0 Å². The van der Waals surface area contributed by atoms with Crippen LogP contribution in [0, 0.1) is 6.92 Å². The first kappa shape index (κ1) is 12.6. The van der Waals surface area contributed by atoms with Gasteiger partial charge in [-0.3, -0.25) is 4.79 Å². The molecule has 0 saturated carbocycles. The number of carbonyl (C=O) groups is 1. The second-order valence-corrected chi connectivity index (χ2v) is 3.67. The number of aryl methyl sites for hydroxylation is 1. The lowest BCUT2D eigenvalue weighted by Crippen LogP contribution is -2.41. The molecule has 1 unspecified atom stereocenters. The number of hydrogen-bond donors (Lipinski definition) is 2. The first-order valence-corrected chi connectivity index (χ1v) is 5.46. The van der Waals surface area contributed by atoms with Gasteiger partial charge in [0, 0.05) is 19.9 Å². The first-order chi connectivity index (χ1) is 7.63. The molecule has 6 heteroatoms. The minimum Gasteiger partial charge on any atom is -0.354 e. The standard InChI is InChI=1S/C10H18N4O2/c1-3-4-8(11)10(15)12-6-5-9-13-7(2)16-14-9/h8H,3-6,11H2,1-2H3,(H,12,15). The molecule has 0 saturated heterocycles. The Bertz CT molecular complexity index is 337. The van der Waals surface area contributed by atoms with E-state index >= 15 is 0 Å². The van der Waals surface area contributed by atoms with Crippen LogP contribution in [0.15, 0.2) is 4.52 Å². The number of amides is 1. The van der Waals surface area contributed by atoms with Crippen molar-refractivity contribution in [1.29, 1.82) is 0 Å². The number of nitrogens with zero attached hydrogens (tertiary/aromatic N) is 2. The van der Waals surface area contributed by atoms with Gasteiger partial charge in [0.05, 0.1) is 6.04 Å². The lowest BCUT2D eigenvalue weighted by atomic mass is 10.2. The molecule has 1 heterocycles. The molecule has 0 bridgehead atoms. The van der Waals surface area contributed by atoms with Crippen LogP contribution in [-0.4, -0.2) is 28.6 Å². The molecule has 1 rings (SSSR count). The van der Waals surface area contributed by atoms with Crippen molar-refractivity contribution in [2.24, 2.45) is 5.73 Å². The molecule has 0 aliphatic rings. The second-order valence-electron chi connectivity index (χ2n) is 3.67. The predicted octanol–water partition coefficient (Wildman–Crippen LogP) is 0.164. The lowest BCUT2D eigenvalue weighted by Gasteiger charge is -2.09. The lowest BCUT2D eigenvalue weighted by molar-refractivity contribution is -0.122. The molecule has 1 atom stereocenters. The monoisotopic (exact) mass is 226 g/mol. The summed E-state index contributed by atoms with van der Waals surface area (Å²) in [4.78, 5) is 15.5. The summed E-state index contributed by atoms with van der Waals surface area (Å²) in [5, 5.41) is 6.46. The van der Waals surface area contributed by atoms with E-state index in [-0.39, 0.29) is 5.91 Å². The minimum absolute atomic E-state index is 0.123. The summed E-state index contributed by atoms with van der Waals surface area (Å²) in [7, 11) is 0. The summed E-state index contributed by atoms with van der Waals surface area (Å²) in [5.74, 6) is 1.01. The maximum absolute atomic E-state index is 11.4. The highest BCUT2D eigenvalue weighted by Crippen LogP contribution is 1.96.